The number of rotatable bonds is 4. The first kappa shape index (κ1) is 19.7. The maximum absolute atomic E-state index is 12.7. The molecule has 3 N–H and O–H groups in total. The first-order chi connectivity index (χ1) is 11.4. The first-order valence-electron chi connectivity index (χ1n) is 8.17. The fourth-order valence-electron chi connectivity index (χ4n) is 3.30. The van der Waals surface area contributed by atoms with E-state index >= 15 is 0 Å². The number of hydrogen-bond acceptors (Lipinski definition) is 4. The zero-order chi connectivity index (χ0) is 17.3. The Balaban J connectivity index is 0.00000225. The van der Waals surface area contributed by atoms with Crippen LogP contribution in [0.3, 0.4) is 0 Å². The van der Waals surface area contributed by atoms with E-state index in [4.69, 9.17) is 17.3 Å². The van der Waals surface area contributed by atoms with E-state index in [2.05, 4.69) is 15.4 Å². The highest BCUT2D eigenvalue weighted by Crippen LogP contribution is 2.29. The van der Waals surface area contributed by atoms with E-state index < -0.39 is 0 Å². The lowest BCUT2D eigenvalue weighted by Crippen LogP contribution is -2.51. The van der Waals surface area contributed by atoms with Crippen LogP contribution in [0.4, 0.5) is 0 Å². The van der Waals surface area contributed by atoms with Gasteiger partial charge in [0.15, 0.2) is 5.82 Å². The monoisotopic (exact) mass is 383 g/mol. The van der Waals surface area contributed by atoms with Crippen LogP contribution >= 0.6 is 24.0 Å². The third-order valence-electron chi connectivity index (χ3n) is 4.60. The molecule has 2 aromatic heterocycles. The Kier molecular flexibility index (Phi) is 6.08. The zero-order valence-electron chi connectivity index (χ0n) is 14.4. The lowest BCUT2D eigenvalue weighted by molar-refractivity contribution is 0.0898. The molecule has 1 saturated carbocycles. The van der Waals surface area contributed by atoms with Gasteiger partial charge >= 0.3 is 0 Å². The van der Waals surface area contributed by atoms with Crippen molar-refractivity contribution >= 4 is 29.9 Å². The predicted molar refractivity (Wildman–Crippen MR) is 101 cm³/mol. The predicted octanol–water partition coefficient (Wildman–Crippen LogP) is 2.96. The van der Waals surface area contributed by atoms with Gasteiger partial charge in [0.2, 0.25) is 0 Å². The number of hydrogen-bond donors (Lipinski definition) is 2. The SMILES string of the molecule is Cc1cc(C)n(-c2ccc(Cl)c(C(=O)NC3(CN)CCCC3)n2)n1.Cl. The van der Waals surface area contributed by atoms with Gasteiger partial charge in [0.25, 0.3) is 5.91 Å². The number of nitrogens with two attached hydrogens (primary N) is 1. The van der Waals surface area contributed by atoms with Gasteiger partial charge in [-0.15, -0.1) is 12.4 Å². The molecule has 25 heavy (non-hydrogen) atoms. The molecule has 0 radical (unpaired) electrons. The van der Waals surface area contributed by atoms with Gasteiger partial charge in [0.1, 0.15) is 5.69 Å². The molecule has 6 nitrogen and oxygen atoms in total. The number of pyridine rings is 1. The molecule has 136 valence electrons. The molecule has 0 atom stereocenters. The fraction of sp³-hybridized carbons (Fsp3) is 0.471. The summed E-state index contributed by atoms with van der Waals surface area (Å²) >= 11 is 6.21. The van der Waals surface area contributed by atoms with Crippen LogP contribution in [0.5, 0.6) is 0 Å². The summed E-state index contributed by atoms with van der Waals surface area (Å²) in [5.74, 6) is 0.291. The van der Waals surface area contributed by atoms with E-state index in [1.807, 2.05) is 19.9 Å². The smallest absolute Gasteiger partial charge is 0.271 e. The van der Waals surface area contributed by atoms with Crippen molar-refractivity contribution in [3.8, 4) is 5.82 Å². The molecular formula is C17H23Cl2N5O. The molecule has 1 aliphatic carbocycles. The van der Waals surface area contributed by atoms with Crippen molar-refractivity contribution in [1.82, 2.24) is 20.1 Å². The number of nitrogens with one attached hydrogen (secondary N) is 1. The van der Waals surface area contributed by atoms with Gasteiger partial charge in [0, 0.05) is 12.2 Å². The summed E-state index contributed by atoms with van der Waals surface area (Å²) in [7, 11) is 0. The van der Waals surface area contributed by atoms with E-state index in [0.717, 1.165) is 37.1 Å². The molecular weight excluding hydrogens is 361 g/mol. The van der Waals surface area contributed by atoms with Crippen molar-refractivity contribution in [2.45, 2.75) is 45.1 Å². The number of carbonyl (C=O) groups is 1. The first-order valence-corrected chi connectivity index (χ1v) is 8.55. The van der Waals surface area contributed by atoms with Crippen molar-refractivity contribution in [2.75, 3.05) is 6.54 Å². The lowest BCUT2D eigenvalue weighted by atomic mass is 9.97. The van der Waals surface area contributed by atoms with Crippen LogP contribution in [-0.4, -0.2) is 32.8 Å². The van der Waals surface area contributed by atoms with E-state index in [0.29, 0.717) is 17.4 Å². The minimum atomic E-state index is -0.337. The Morgan fingerprint density at radius 3 is 2.60 bits per heavy atom. The van der Waals surface area contributed by atoms with Crippen LogP contribution in [0, 0.1) is 13.8 Å². The molecule has 0 bridgehead atoms. The van der Waals surface area contributed by atoms with Gasteiger partial charge in [-0.05, 0) is 44.9 Å². The van der Waals surface area contributed by atoms with Gasteiger partial charge in [-0.25, -0.2) is 9.67 Å². The molecule has 0 saturated heterocycles. The normalized spacial score (nSPS) is 15.7. The second-order valence-corrected chi connectivity index (χ2v) is 6.89. The van der Waals surface area contributed by atoms with Crippen LogP contribution in [0.25, 0.3) is 5.82 Å². The fourth-order valence-corrected chi connectivity index (χ4v) is 3.49. The van der Waals surface area contributed by atoms with Crippen LogP contribution in [0.1, 0.15) is 47.6 Å². The number of halogens is 2. The third kappa shape index (κ3) is 3.97. The zero-order valence-corrected chi connectivity index (χ0v) is 16.0. The lowest BCUT2D eigenvalue weighted by Gasteiger charge is -2.28. The number of aromatic nitrogens is 3. The average molecular weight is 384 g/mol. The summed E-state index contributed by atoms with van der Waals surface area (Å²) in [5, 5.41) is 7.78. The van der Waals surface area contributed by atoms with Crippen molar-refractivity contribution in [2.24, 2.45) is 5.73 Å². The van der Waals surface area contributed by atoms with Gasteiger partial charge in [-0.2, -0.15) is 5.10 Å². The Hall–Kier alpha value is -1.63. The Labute approximate surface area is 158 Å². The summed E-state index contributed by atoms with van der Waals surface area (Å²) in [6.07, 6.45) is 3.93. The molecule has 0 unspecified atom stereocenters. The van der Waals surface area contributed by atoms with E-state index in [9.17, 15) is 4.79 Å². The Morgan fingerprint density at radius 1 is 1.36 bits per heavy atom. The minimum Gasteiger partial charge on any atom is -0.344 e. The summed E-state index contributed by atoms with van der Waals surface area (Å²) in [4.78, 5) is 17.2. The van der Waals surface area contributed by atoms with Crippen molar-refractivity contribution in [3.05, 3.63) is 40.3 Å². The quantitative estimate of drug-likeness (QED) is 0.849. The van der Waals surface area contributed by atoms with Crippen LogP contribution in [-0.2, 0) is 0 Å². The van der Waals surface area contributed by atoms with Gasteiger partial charge in [0.05, 0.1) is 16.3 Å². The minimum absolute atomic E-state index is 0. The number of nitrogens with zero attached hydrogens (tertiary/aromatic N) is 3. The maximum Gasteiger partial charge on any atom is 0.271 e. The van der Waals surface area contributed by atoms with Crippen LogP contribution in [0.2, 0.25) is 5.02 Å². The molecule has 8 heteroatoms. The summed E-state index contributed by atoms with van der Waals surface area (Å²) in [6, 6.07) is 5.39. The highest BCUT2D eigenvalue weighted by Gasteiger charge is 2.34. The van der Waals surface area contributed by atoms with Gasteiger partial charge in [-0.1, -0.05) is 24.4 Å². The summed E-state index contributed by atoms with van der Waals surface area (Å²) in [5.41, 5.74) is 7.61. The van der Waals surface area contributed by atoms with Crippen LogP contribution < -0.4 is 11.1 Å². The number of aryl methyl sites for hydroxylation is 2. The third-order valence-corrected chi connectivity index (χ3v) is 4.91. The molecule has 3 rings (SSSR count). The molecule has 0 aliphatic heterocycles. The van der Waals surface area contributed by atoms with Gasteiger partial charge < -0.3 is 11.1 Å². The number of amides is 1. The van der Waals surface area contributed by atoms with E-state index in [1.165, 1.54) is 0 Å². The van der Waals surface area contributed by atoms with E-state index in [-0.39, 0.29) is 29.5 Å². The van der Waals surface area contributed by atoms with E-state index in [1.54, 1.807) is 16.8 Å². The maximum atomic E-state index is 12.7. The summed E-state index contributed by atoms with van der Waals surface area (Å²) < 4.78 is 1.71. The second-order valence-electron chi connectivity index (χ2n) is 6.48. The molecule has 2 heterocycles. The molecule has 0 spiro atoms. The molecule has 2 aromatic rings. The highest BCUT2D eigenvalue weighted by molar-refractivity contribution is 6.33. The Bertz CT molecular complexity index is 768. The molecule has 1 fully saturated rings. The second kappa shape index (κ2) is 7.72. The molecule has 1 amide bonds. The van der Waals surface area contributed by atoms with Crippen LogP contribution in [0.15, 0.2) is 18.2 Å². The summed E-state index contributed by atoms with van der Waals surface area (Å²) in [6.45, 7) is 4.28. The van der Waals surface area contributed by atoms with Crippen molar-refractivity contribution < 1.29 is 4.79 Å². The highest BCUT2D eigenvalue weighted by atomic mass is 35.5. The number of carbonyl (C=O) groups excluding carboxylic acids is 1. The average Bonchev–Trinajstić information content (AvgIpc) is 3.14. The van der Waals surface area contributed by atoms with Crippen molar-refractivity contribution in [1.29, 1.82) is 0 Å². The largest absolute Gasteiger partial charge is 0.344 e. The standard InChI is InChI=1S/C17H22ClN5O.ClH/c1-11-9-12(2)23(22-11)14-6-5-13(18)15(20-14)16(24)21-17(10-19)7-3-4-8-17;/h5-6,9H,3-4,7-8,10,19H2,1-2H3,(H,21,24);1H. The topological polar surface area (TPSA) is 85.8 Å². The molecule has 1 aliphatic rings. The molecule has 0 aromatic carbocycles. The Morgan fingerprint density at radius 2 is 2.04 bits per heavy atom. The van der Waals surface area contributed by atoms with Crippen molar-refractivity contribution in [3.63, 3.8) is 0 Å². The van der Waals surface area contributed by atoms with Gasteiger partial charge in [-0.3, -0.25) is 4.79 Å².